The second-order valence-corrected chi connectivity index (χ2v) is 4.06. The van der Waals surface area contributed by atoms with Gasteiger partial charge in [0.15, 0.2) is 0 Å². The lowest BCUT2D eigenvalue weighted by Gasteiger charge is -2.26. The second-order valence-electron chi connectivity index (χ2n) is 4.06. The molecule has 2 heteroatoms. The molecule has 2 nitrogen and oxygen atoms in total. The second kappa shape index (κ2) is 3.19. The van der Waals surface area contributed by atoms with Crippen LogP contribution in [0, 0.1) is 0 Å². The van der Waals surface area contributed by atoms with Gasteiger partial charge in [-0.15, -0.1) is 0 Å². The number of ether oxygens (including phenoxy) is 1. The lowest BCUT2D eigenvalue weighted by molar-refractivity contribution is 0.0823. The molecule has 0 aromatic rings. The van der Waals surface area contributed by atoms with Gasteiger partial charge in [0, 0.05) is 6.04 Å². The van der Waals surface area contributed by atoms with Crippen molar-refractivity contribution in [2.24, 2.45) is 5.73 Å². The summed E-state index contributed by atoms with van der Waals surface area (Å²) in [5.74, 6) is 0. The molecule has 2 unspecified atom stereocenters. The lowest BCUT2D eigenvalue weighted by Crippen LogP contribution is -2.30. The molecule has 12 heavy (non-hydrogen) atoms. The highest BCUT2D eigenvalue weighted by Gasteiger charge is 2.24. The molecule has 2 N–H and O–H groups in total. The molecule has 2 rings (SSSR count). The van der Waals surface area contributed by atoms with E-state index < -0.39 is 0 Å². The van der Waals surface area contributed by atoms with Crippen LogP contribution in [0.2, 0.25) is 0 Å². The van der Waals surface area contributed by atoms with E-state index in [9.17, 15) is 0 Å². The molecule has 1 heterocycles. The van der Waals surface area contributed by atoms with Gasteiger partial charge in [-0.2, -0.15) is 0 Å². The van der Waals surface area contributed by atoms with Crippen LogP contribution >= 0.6 is 0 Å². The van der Waals surface area contributed by atoms with Crippen LogP contribution in [0.1, 0.15) is 32.6 Å². The predicted molar refractivity (Wildman–Crippen MR) is 48.9 cm³/mol. The van der Waals surface area contributed by atoms with Crippen molar-refractivity contribution in [1.82, 2.24) is 0 Å². The standard InChI is InChI=1S/C10H17NO/c1-7-2-3-10(12-7)6-8-4-9(11)5-8/h6-7,9-10H,2-5,11H2,1H3. The molecule has 0 radical (unpaired) electrons. The van der Waals surface area contributed by atoms with E-state index >= 15 is 0 Å². The fourth-order valence-electron chi connectivity index (χ4n) is 1.97. The van der Waals surface area contributed by atoms with Crippen molar-refractivity contribution in [2.45, 2.75) is 50.9 Å². The summed E-state index contributed by atoms with van der Waals surface area (Å²) in [6.45, 7) is 2.14. The van der Waals surface area contributed by atoms with Crippen LogP contribution in [-0.2, 0) is 4.74 Å². The topological polar surface area (TPSA) is 35.2 Å². The Bertz CT molecular complexity index is 192. The first-order valence-electron chi connectivity index (χ1n) is 4.84. The van der Waals surface area contributed by atoms with E-state index in [0.717, 1.165) is 12.8 Å². The Morgan fingerprint density at radius 1 is 1.42 bits per heavy atom. The maximum Gasteiger partial charge on any atom is 0.0763 e. The average molecular weight is 167 g/mol. The van der Waals surface area contributed by atoms with Crippen LogP contribution in [-0.4, -0.2) is 18.2 Å². The van der Waals surface area contributed by atoms with Crippen molar-refractivity contribution in [3.63, 3.8) is 0 Å². The first kappa shape index (κ1) is 8.27. The molecule has 1 saturated heterocycles. The summed E-state index contributed by atoms with van der Waals surface area (Å²) in [4.78, 5) is 0. The van der Waals surface area contributed by atoms with E-state index in [0.29, 0.717) is 18.2 Å². The number of hydrogen-bond acceptors (Lipinski definition) is 2. The van der Waals surface area contributed by atoms with Crippen molar-refractivity contribution in [1.29, 1.82) is 0 Å². The van der Waals surface area contributed by atoms with Gasteiger partial charge in [-0.1, -0.05) is 11.6 Å². The lowest BCUT2D eigenvalue weighted by atomic mass is 9.86. The average Bonchev–Trinajstić information content (AvgIpc) is 2.33. The zero-order valence-electron chi connectivity index (χ0n) is 7.62. The molecule has 1 saturated carbocycles. The first-order chi connectivity index (χ1) is 5.74. The van der Waals surface area contributed by atoms with Gasteiger partial charge in [0.2, 0.25) is 0 Å². The fourth-order valence-corrected chi connectivity index (χ4v) is 1.97. The Labute approximate surface area is 73.8 Å². The Morgan fingerprint density at radius 3 is 2.67 bits per heavy atom. The minimum Gasteiger partial charge on any atom is -0.371 e. The van der Waals surface area contributed by atoms with Crippen molar-refractivity contribution >= 4 is 0 Å². The van der Waals surface area contributed by atoms with Gasteiger partial charge in [-0.25, -0.2) is 0 Å². The third-order valence-electron chi connectivity index (χ3n) is 2.74. The highest BCUT2D eigenvalue weighted by atomic mass is 16.5. The molecule has 0 aromatic heterocycles. The summed E-state index contributed by atoms with van der Waals surface area (Å²) in [7, 11) is 0. The third-order valence-corrected chi connectivity index (χ3v) is 2.74. The molecular weight excluding hydrogens is 150 g/mol. The van der Waals surface area contributed by atoms with Crippen molar-refractivity contribution in [3.05, 3.63) is 11.6 Å². The molecular formula is C10H17NO. The third kappa shape index (κ3) is 1.70. The summed E-state index contributed by atoms with van der Waals surface area (Å²) in [6.07, 6.45) is 7.72. The molecule has 1 aliphatic heterocycles. The van der Waals surface area contributed by atoms with Crippen molar-refractivity contribution in [3.8, 4) is 0 Å². The zero-order chi connectivity index (χ0) is 8.55. The van der Waals surface area contributed by atoms with Gasteiger partial charge in [0.25, 0.3) is 0 Å². The van der Waals surface area contributed by atoms with Crippen LogP contribution in [0.15, 0.2) is 11.6 Å². The number of rotatable bonds is 1. The summed E-state index contributed by atoms with van der Waals surface area (Å²) in [5.41, 5.74) is 7.19. The number of hydrogen-bond donors (Lipinski definition) is 1. The minimum absolute atomic E-state index is 0.391. The van der Waals surface area contributed by atoms with E-state index in [-0.39, 0.29) is 0 Å². The van der Waals surface area contributed by atoms with E-state index in [2.05, 4.69) is 13.0 Å². The van der Waals surface area contributed by atoms with Crippen LogP contribution in [0.3, 0.4) is 0 Å². The molecule has 2 fully saturated rings. The highest BCUT2D eigenvalue weighted by Crippen LogP contribution is 2.28. The van der Waals surface area contributed by atoms with Gasteiger partial charge in [-0.3, -0.25) is 0 Å². The van der Waals surface area contributed by atoms with Gasteiger partial charge in [0.05, 0.1) is 12.2 Å². The van der Waals surface area contributed by atoms with Gasteiger partial charge >= 0.3 is 0 Å². The van der Waals surface area contributed by atoms with Gasteiger partial charge in [0.1, 0.15) is 0 Å². The van der Waals surface area contributed by atoms with E-state index in [1.54, 1.807) is 0 Å². The minimum atomic E-state index is 0.391. The fraction of sp³-hybridized carbons (Fsp3) is 0.800. The quantitative estimate of drug-likeness (QED) is 0.602. The van der Waals surface area contributed by atoms with E-state index in [1.165, 1.54) is 18.4 Å². The van der Waals surface area contributed by atoms with Crippen LogP contribution < -0.4 is 5.73 Å². The smallest absolute Gasteiger partial charge is 0.0763 e. The normalized spacial score (nSPS) is 41.2. The summed E-state index contributed by atoms with van der Waals surface area (Å²) < 4.78 is 5.69. The SMILES string of the molecule is CC1CCC(C=C2CC(N)C2)O1. The Hall–Kier alpha value is -0.340. The van der Waals surface area contributed by atoms with Gasteiger partial charge in [-0.05, 0) is 32.6 Å². The molecule has 2 aliphatic rings. The number of nitrogens with two attached hydrogens (primary N) is 1. The predicted octanol–water partition coefficient (Wildman–Crippen LogP) is 1.60. The largest absolute Gasteiger partial charge is 0.371 e. The molecule has 0 amide bonds. The molecule has 1 aliphatic carbocycles. The van der Waals surface area contributed by atoms with Crippen molar-refractivity contribution in [2.75, 3.05) is 0 Å². The van der Waals surface area contributed by atoms with Crippen LogP contribution in [0.25, 0.3) is 0 Å². The zero-order valence-corrected chi connectivity index (χ0v) is 7.62. The molecule has 2 atom stereocenters. The maximum atomic E-state index is 5.69. The summed E-state index contributed by atoms with van der Waals surface area (Å²) in [5, 5.41) is 0. The Kier molecular flexibility index (Phi) is 2.20. The summed E-state index contributed by atoms with van der Waals surface area (Å²) in [6, 6.07) is 0.426. The van der Waals surface area contributed by atoms with E-state index in [4.69, 9.17) is 10.5 Å². The monoisotopic (exact) mass is 167 g/mol. The highest BCUT2D eigenvalue weighted by molar-refractivity contribution is 5.17. The molecule has 68 valence electrons. The maximum absolute atomic E-state index is 5.69. The van der Waals surface area contributed by atoms with Crippen molar-refractivity contribution < 1.29 is 4.74 Å². The van der Waals surface area contributed by atoms with Crippen LogP contribution in [0.4, 0.5) is 0 Å². The first-order valence-corrected chi connectivity index (χ1v) is 4.84. The Balaban J connectivity index is 1.83. The summed E-state index contributed by atoms with van der Waals surface area (Å²) >= 11 is 0. The Morgan fingerprint density at radius 2 is 2.17 bits per heavy atom. The molecule has 0 aromatic carbocycles. The van der Waals surface area contributed by atoms with Crippen LogP contribution in [0.5, 0.6) is 0 Å². The molecule has 0 spiro atoms. The molecule has 0 bridgehead atoms. The van der Waals surface area contributed by atoms with E-state index in [1.807, 2.05) is 0 Å². The van der Waals surface area contributed by atoms with Gasteiger partial charge < -0.3 is 10.5 Å².